The lowest BCUT2D eigenvalue weighted by Crippen LogP contribution is -2.15. The van der Waals surface area contributed by atoms with Gasteiger partial charge in [-0.05, 0) is 6.92 Å². The summed E-state index contributed by atoms with van der Waals surface area (Å²) in [6, 6.07) is 0. The first kappa shape index (κ1) is 47.4. The molecule has 0 spiro atoms. The predicted molar refractivity (Wildman–Crippen MR) is 175 cm³/mol. The first-order chi connectivity index (χ1) is 23.9. The monoisotopic (exact) mass is 706 g/mol. The van der Waals surface area contributed by atoms with E-state index in [1.165, 1.54) is 0 Å². The van der Waals surface area contributed by atoms with Gasteiger partial charge in [-0.25, -0.2) is 0 Å². The van der Waals surface area contributed by atoms with Crippen molar-refractivity contribution in [2.24, 2.45) is 0 Å². The summed E-state index contributed by atoms with van der Waals surface area (Å²) in [7, 11) is 0. The maximum atomic E-state index is 8.58. The number of hydrogen-bond acceptors (Lipinski definition) is 16. The summed E-state index contributed by atoms with van der Waals surface area (Å²) in [4.78, 5) is 0. The molecule has 0 radical (unpaired) electrons. The summed E-state index contributed by atoms with van der Waals surface area (Å²) in [5.41, 5.74) is 0. The molecule has 0 aliphatic rings. The molecule has 290 valence electrons. The zero-order chi connectivity index (χ0) is 34.5. The SMILES string of the molecule is CCOCCOCCOCCOCCOCCOCCOCCOCCOCCOCCOCCOCCOCCOCCOCCO. The first-order valence-corrected chi connectivity index (χ1v) is 17.2. The molecule has 0 aliphatic heterocycles. The van der Waals surface area contributed by atoms with Gasteiger partial charge in [-0.2, -0.15) is 0 Å². The fourth-order valence-corrected chi connectivity index (χ4v) is 3.29. The van der Waals surface area contributed by atoms with Gasteiger partial charge in [-0.15, -0.1) is 0 Å². The molecule has 0 atom stereocenters. The highest BCUT2D eigenvalue weighted by atomic mass is 16.6. The third-order valence-corrected chi connectivity index (χ3v) is 5.65. The molecule has 0 saturated heterocycles. The summed E-state index contributed by atoms with van der Waals surface area (Å²) in [6.07, 6.45) is 0. The van der Waals surface area contributed by atoms with E-state index in [9.17, 15) is 0 Å². The summed E-state index contributed by atoms with van der Waals surface area (Å²) in [6.45, 7) is 17.5. The molecule has 16 heteroatoms. The minimum Gasteiger partial charge on any atom is -0.394 e. The van der Waals surface area contributed by atoms with E-state index >= 15 is 0 Å². The van der Waals surface area contributed by atoms with Gasteiger partial charge in [0.2, 0.25) is 0 Å². The van der Waals surface area contributed by atoms with Gasteiger partial charge in [0.25, 0.3) is 0 Å². The molecule has 0 fully saturated rings. The van der Waals surface area contributed by atoms with E-state index in [1.807, 2.05) is 6.92 Å². The molecule has 0 rings (SSSR count). The highest BCUT2D eigenvalue weighted by Crippen LogP contribution is 1.88. The van der Waals surface area contributed by atoms with Crippen LogP contribution in [0.25, 0.3) is 0 Å². The standard InChI is InChI=1S/C32H66O16/c1-2-34-5-6-36-9-10-38-13-14-40-17-18-42-21-22-44-25-26-46-29-30-48-32-31-47-28-27-45-24-23-43-20-19-41-16-15-39-12-11-37-8-7-35-4-3-33/h33H,2-32H2,1H3. The van der Waals surface area contributed by atoms with Crippen LogP contribution in [0, 0.1) is 0 Å². The fraction of sp³-hybridized carbons (Fsp3) is 1.00. The number of aliphatic hydroxyl groups is 1. The van der Waals surface area contributed by atoms with Crippen LogP contribution in [0.5, 0.6) is 0 Å². The van der Waals surface area contributed by atoms with Crippen molar-refractivity contribution in [2.45, 2.75) is 6.92 Å². The van der Waals surface area contributed by atoms with Crippen molar-refractivity contribution in [2.75, 3.05) is 205 Å². The Hall–Kier alpha value is -0.640. The molecule has 48 heavy (non-hydrogen) atoms. The maximum absolute atomic E-state index is 8.58. The van der Waals surface area contributed by atoms with Crippen molar-refractivity contribution in [3.8, 4) is 0 Å². The van der Waals surface area contributed by atoms with Crippen LogP contribution in [0.1, 0.15) is 6.92 Å². The van der Waals surface area contributed by atoms with Crippen LogP contribution in [-0.4, -0.2) is 210 Å². The zero-order valence-corrected chi connectivity index (χ0v) is 29.5. The van der Waals surface area contributed by atoms with Crippen LogP contribution in [0.15, 0.2) is 0 Å². The van der Waals surface area contributed by atoms with Crippen LogP contribution in [0.4, 0.5) is 0 Å². The van der Waals surface area contributed by atoms with Crippen LogP contribution < -0.4 is 0 Å². The topological polar surface area (TPSA) is 159 Å². The molecule has 0 aliphatic carbocycles. The average Bonchev–Trinajstić information content (AvgIpc) is 3.10. The van der Waals surface area contributed by atoms with Crippen molar-refractivity contribution < 1.29 is 76.2 Å². The van der Waals surface area contributed by atoms with Crippen molar-refractivity contribution in [1.82, 2.24) is 0 Å². The highest BCUT2D eigenvalue weighted by Gasteiger charge is 1.97. The van der Waals surface area contributed by atoms with E-state index < -0.39 is 0 Å². The Bertz CT molecular complexity index is 506. The molecular formula is C32H66O16. The summed E-state index contributed by atoms with van der Waals surface area (Å²) in [5, 5.41) is 8.58. The Morgan fingerprint density at radius 3 is 0.458 bits per heavy atom. The van der Waals surface area contributed by atoms with Crippen LogP contribution in [0.2, 0.25) is 0 Å². The van der Waals surface area contributed by atoms with Crippen LogP contribution in [-0.2, 0) is 71.1 Å². The summed E-state index contributed by atoms with van der Waals surface area (Å²) in [5.74, 6) is 0. The molecule has 1 N–H and O–H groups in total. The van der Waals surface area contributed by atoms with Crippen LogP contribution >= 0.6 is 0 Å². The molecule has 0 bridgehead atoms. The number of rotatable bonds is 45. The lowest BCUT2D eigenvalue weighted by molar-refractivity contribution is -0.0301. The van der Waals surface area contributed by atoms with E-state index in [-0.39, 0.29) is 6.61 Å². The Morgan fingerprint density at radius 1 is 0.208 bits per heavy atom. The van der Waals surface area contributed by atoms with Crippen molar-refractivity contribution in [3.05, 3.63) is 0 Å². The van der Waals surface area contributed by atoms with Crippen molar-refractivity contribution >= 4 is 0 Å². The molecule has 0 unspecified atom stereocenters. The molecule has 0 heterocycles. The molecule has 0 saturated carbocycles. The number of ether oxygens (including phenoxy) is 15. The van der Waals surface area contributed by atoms with Crippen molar-refractivity contribution in [1.29, 1.82) is 0 Å². The van der Waals surface area contributed by atoms with E-state index in [4.69, 9.17) is 76.2 Å². The largest absolute Gasteiger partial charge is 0.394 e. The van der Waals surface area contributed by atoms with E-state index in [1.54, 1.807) is 0 Å². The molecule has 16 nitrogen and oxygen atoms in total. The Morgan fingerprint density at radius 2 is 0.333 bits per heavy atom. The lowest BCUT2D eigenvalue weighted by Gasteiger charge is -2.09. The summed E-state index contributed by atoms with van der Waals surface area (Å²) >= 11 is 0. The zero-order valence-electron chi connectivity index (χ0n) is 29.5. The average molecular weight is 707 g/mol. The van der Waals surface area contributed by atoms with Gasteiger partial charge in [0.1, 0.15) is 0 Å². The maximum Gasteiger partial charge on any atom is 0.0701 e. The number of hydrogen-bond donors (Lipinski definition) is 1. The molecule has 0 aromatic rings. The third-order valence-electron chi connectivity index (χ3n) is 5.65. The van der Waals surface area contributed by atoms with Gasteiger partial charge in [0, 0.05) is 6.61 Å². The van der Waals surface area contributed by atoms with E-state index in [2.05, 4.69) is 0 Å². The normalized spacial score (nSPS) is 11.6. The summed E-state index contributed by atoms with van der Waals surface area (Å²) < 4.78 is 81.0. The minimum atomic E-state index is 0.0236. The second kappa shape index (κ2) is 46.4. The van der Waals surface area contributed by atoms with Gasteiger partial charge >= 0.3 is 0 Å². The van der Waals surface area contributed by atoms with Gasteiger partial charge in [-0.1, -0.05) is 0 Å². The van der Waals surface area contributed by atoms with Gasteiger partial charge in [0.15, 0.2) is 0 Å². The second-order valence-corrected chi connectivity index (χ2v) is 9.49. The molecule has 0 aromatic carbocycles. The van der Waals surface area contributed by atoms with Crippen LogP contribution in [0.3, 0.4) is 0 Å². The van der Waals surface area contributed by atoms with E-state index in [0.29, 0.717) is 198 Å². The fourth-order valence-electron chi connectivity index (χ4n) is 3.29. The quantitative estimate of drug-likeness (QED) is 0.0859. The third kappa shape index (κ3) is 45.4. The first-order valence-electron chi connectivity index (χ1n) is 17.2. The highest BCUT2D eigenvalue weighted by molar-refractivity contribution is 4.40. The van der Waals surface area contributed by atoms with Gasteiger partial charge < -0.3 is 76.2 Å². The molecule has 0 amide bonds. The Balaban J connectivity index is 3.04. The van der Waals surface area contributed by atoms with E-state index in [0.717, 1.165) is 0 Å². The second-order valence-electron chi connectivity index (χ2n) is 9.49. The van der Waals surface area contributed by atoms with Gasteiger partial charge in [0.05, 0.1) is 198 Å². The predicted octanol–water partition coefficient (Wildman–Crippen LogP) is 0.248. The molecular weight excluding hydrogens is 640 g/mol. The van der Waals surface area contributed by atoms with Gasteiger partial charge in [-0.3, -0.25) is 0 Å². The van der Waals surface area contributed by atoms with Crippen molar-refractivity contribution in [3.63, 3.8) is 0 Å². The Kier molecular flexibility index (Phi) is 45.7. The smallest absolute Gasteiger partial charge is 0.0701 e. The lowest BCUT2D eigenvalue weighted by atomic mass is 10.6. The minimum absolute atomic E-state index is 0.0236. The Labute approximate surface area is 288 Å². The number of aliphatic hydroxyl groups excluding tert-OH is 1. The molecule has 0 aromatic heterocycles.